The summed E-state index contributed by atoms with van der Waals surface area (Å²) in [5.74, 6) is 0.630. The Hall–Kier alpha value is -3.55. The van der Waals surface area contributed by atoms with Crippen molar-refractivity contribution in [3.8, 4) is 17.2 Å². The van der Waals surface area contributed by atoms with Gasteiger partial charge in [-0.2, -0.15) is 0 Å². The van der Waals surface area contributed by atoms with Crippen LogP contribution in [0.3, 0.4) is 0 Å². The second-order valence-corrected chi connectivity index (χ2v) is 9.37. The van der Waals surface area contributed by atoms with Crippen LogP contribution in [-0.4, -0.2) is 38.6 Å². The number of amides is 1. The molecule has 8 heteroatoms. The van der Waals surface area contributed by atoms with E-state index in [-0.39, 0.29) is 59.5 Å². The van der Waals surface area contributed by atoms with Gasteiger partial charge in [0.2, 0.25) is 0 Å². The number of carbonyl (C=O) groups excluding carboxylic acids is 2. The van der Waals surface area contributed by atoms with Crippen LogP contribution in [0, 0.1) is 5.92 Å². The molecule has 174 valence electrons. The van der Waals surface area contributed by atoms with Crippen molar-refractivity contribution >= 4 is 22.7 Å². The summed E-state index contributed by atoms with van der Waals surface area (Å²) in [6, 6.07) is 10.4. The molecule has 0 bridgehead atoms. The number of aromatic nitrogens is 2. The molecule has 2 N–H and O–H groups in total. The first-order valence-electron chi connectivity index (χ1n) is 11.0. The van der Waals surface area contributed by atoms with Crippen LogP contribution < -0.4 is 14.8 Å². The average Bonchev–Trinajstić information content (AvgIpc) is 3.05. The molecule has 0 spiro atoms. The van der Waals surface area contributed by atoms with Gasteiger partial charge in [-0.15, -0.1) is 0 Å². The maximum Gasteiger partial charge on any atom is 0.258 e. The highest BCUT2D eigenvalue weighted by molar-refractivity contribution is 6.03. The van der Waals surface area contributed by atoms with E-state index in [1.807, 2.05) is 49.7 Å². The van der Waals surface area contributed by atoms with Gasteiger partial charge in [0.1, 0.15) is 34.2 Å². The lowest BCUT2D eigenvalue weighted by molar-refractivity contribution is -0.124. The van der Waals surface area contributed by atoms with E-state index in [9.17, 15) is 14.7 Å². The Labute approximate surface area is 192 Å². The van der Waals surface area contributed by atoms with Gasteiger partial charge < -0.3 is 24.5 Å². The van der Waals surface area contributed by atoms with Crippen molar-refractivity contribution in [1.82, 2.24) is 14.9 Å². The van der Waals surface area contributed by atoms with Crippen molar-refractivity contribution in [2.24, 2.45) is 13.0 Å². The monoisotopic (exact) mass is 451 g/mol. The Bertz CT molecular complexity index is 1230. The van der Waals surface area contributed by atoms with Crippen LogP contribution in [0.1, 0.15) is 56.3 Å². The molecular weight excluding hydrogens is 422 g/mol. The first-order valence-corrected chi connectivity index (χ1v) is 11.0. The number of fused-ring (bicyclic) bond motifs is 2. The molecule has 2 aromatic carbocycles. The third-order valence-corrected chi connectivity index (χ3v) is 5.76. The summed E-state index contributed by atoms with van der Waals surface area (Å²) in [7, 11) is 1.93. The fraction of sp³-hybridized carbons (Fsp3) is 0.400. The van der Waals surface area contributed by atoms with Gasteiger partial charge in [-0.25, -0.2) is 4.98 Å². The zero-order valence-corrected chi connectivity index (χ0v) is 19.5. The SMILES string of the molecule is CC(C)[C@H](NC(=O)COc1cc(O)c2c(c1)OC(C)(C)CC2=O)c1nc2ccccc2n1C. The summed E-state index contributed by atoms with van der Waals surface area (Å²) < 4.78 is 13.5. The lowest BCUT2D eigenvalue weighted by Crippen LogP contribution is -2.37. The number of aryl methyl sites for hydroxylation is 1. The van der Waals surface area contributed by atoms with E-state index in [0.29, 0.717) is 0 Å². The van der Waals surface area contributed by atoms with Gasteiger partial charge in [-0.1, -0.05) is 26.0 Å². The highest BCUT2D eigenvalue weighted by atomic mass is 16.5. The highest BCUT2D eigenvalue weighted by Crippen LogP contribution is 2.41. The van der Waals surface area contributed by atoms with E-state index in [1.54, 1.807) is 13.8 Å². The Kier molecular flexibility index (Phi) is 5.78. The number of phenols is 1. The number of benzene rings is 2. The van der Waals surface area contributed by atoms with E-state index in [0.717, 1.165) is 16.9 Å². The number of ether oxygens (including phenoxy) is 2. The average molecular weight is 452 g/mol. The molecule has 0 saturated heterocycles. The third kappa shape index (κ3) is 4.51. The number of phenolic OH excluding ortho intramolecular Hbond substituents is 1. The topological polar surface area (TPSA) is 103 Å². The number of ketones is 1. The van der Waals surface area contributed by atoms with Gasteiger partial charge in [-0.3, -0.25) is 9.59 Å². The van der Waals surface area contributed by atoms with Crippen molar-refractivity contribution in [2.75, 3.05) is 6.61 Å². The molecule has 0 aliphatic carbocycles. The van der Waals surface area contributed by atoms with E-state index >= 15 is 0 Å². The minimum Gasteiger partial charge on any atom is -0.507 e. The summed E-state index contributed by atoms with van der Waals surface area (Å²) >= 11 is 0. The minimum atomic E-state index is -0.678. The van der Waals surface area contributed by atoms with E-state index in [4.69, 9.17) is 14.5 Å². The molecule has 4 rings (SSSR count). The van der Waals surface area contributed by atoms with Crippen molar-refractivity contribution in [1.29, 1.82) is 0 Å². The van der Waals surface area contributed by atoms with Crippen molar-refractivity contribution in [3.05, 3.63) is 47.8 Å². The Morgan fingerprint density at radius 3 is 2.73 bits per heavy atom. The van der Waals surface area contributed by atoms with Crippen LogP contribution in [0.5, 0.6) is 17.2 Å². The molecule has 3 aromatic rings. The first-order chi connectivity index (χ1) is 15.6. The summed E-state index contributed by atoms with van der Waals surface area (Å²) in [6.07, 6.45) is 0.176. The number of nitrogens with one attached hydrogen (secondary N) is 1. The largest absolute Gasteiger partial charge is 0.507 e. The molecule has 33 heavy (non-hydrogen) atoms. The lowest BCUT2D eigenvalue weighted by atomic mass is 9.92. The summed E-state index contributed by atoms with van der Waals surface area (Å²) in [5, 5.41) is 13.3. The quantitative estimate of drug-likeness (QED) is 0.589. The number of carbonyl (C=O) groups is 2. The number of rotatable bonds is 6. The molecule has 0 fully saturated rings. The van der Waals surface area contributed by atoms with Gasteiger partial charge in [0.25, 0.3) is 5.91 Å². The molecular formula is C25H29N3O5. The number of hydrogen-bond donors (Lipinski definition) is 2. The minimum absolute atomic E-state index is 0.0962. The molecule has 0 unspecified atom stereocenters. The standard InChI is InChI=1S/C25H29N3O5/c1-14(2)23(24-26-16-8-6-7-9-17(16)28(24)5)27-21(31)13-32-15-10-18(29)22-19(30)12-25(3,4)33-20(22)11-15/h6-11,14,23,29H,12-13H2,1-5H3,(H,27,31)/t23-/m0/s1. The van der Waals surface area contributed by atoms with Gasteiger partial charge in [0, 0.05) is 19.2 Å². The lowest BCUT2D eigenvalue weighted by Gasteiger charge is -2.32. The maximum absolute atomic E-state index is 12.7. The van der Waals surface area contributed by atoms with Gasteiger partial charge in [0.05, 0.1) is 23.5 Å². The zero-order chi connectivity index (χ0) is 23.9. The maximum atomic E-state index is 12.7. The van der Waals surface area contributed by atoms with Crippen LogP contribution >= 0.6 is 0 Å². The predicted octanol–water partition coefficient (Wildman–Crippen LogP) is 3.92. The van der Waals surface area contributed by atoms with Crippen LogP contribution in [0.15, 0.2) is 36.4 Å². The summed E-state index contributed by atoms with van der Waals surface area (Å²) in [5.41, 5.74) is 1.33. The predicted molar refractivity (Wildman–Crippen MR) is 124 cm³/mol. The third-order valence-electron chi connectivity index (χ3n) is 5.76. The number of imidazole rings is 1. The Morgan fingerprint density at radius 1 is 1.30 bits per heavy atom. The van der Waals surface area contributed by atoms with Crippen LogP contribution in [0.2, 0.25) is 0 Å². The molecule has 1 atom stereocenters. The molecule has 2 heterocycles. The van der Waals surface area contributed by atoms with Crippen LogP contribution in [0.4, 0.5) is 0 Å². The van der Waals surface area contributed by atoms with Crippen LogP contribution in [-0.2, 0) is 11.8 Å². The second kappa shape index (κ2) is 8.42. The highest BCUT2D eigenvalue weighted by Gasteiger charge is 2.35. The molecule has 1 aliphatic heterocycles. The number of nitrogens with zero attached hydrogens (tertiary/aromatic N) is 2. The molecule has 0 radical (unpaired) electrons. The van der Waals surface area contributed by atoms with Crippen molar-refractivity contribution in [3.63, 3.8) is 0 Å². The second-order valence-electron chi connectivity index (χ2n) is 9.37. The van der Waals surface area contributed by atoms with Crippen molar-refractivity contribution < 1.29 is 24.2 Å². The van der Waals surface area contributed by atoms with E-state index < -0.39 is 5.60 Å². The normalized spacial score (nSPS) is 15.8. The number of Topliss-reactive ketones (excluding diaryl/α,β-unsaturated/α-hetero) is 1. The first kappa shape index (κ1) is 22.6. The smallest absolute Gasteiger partial charge is 0.258 e. The molecule has 8 nitrogen and oxygen atoms in total. The van der Waals surface area contributed by atoms with Gasteiger partial charge in [0.15, 0.2) is 12.4 Å². The van der Waals surface area contributed by atoms with Gasteiger partial charge >= 0.3 is 0 Å². The fourth-order valence-electron chi connectivity index (χ4n) is 4.16. The molecule has 1 aliphatic rings. The molecule has 0 saturated carbocycles. The zero-order valence-electron chi connectivity index (χ0n) is 19.5. The van der Waals surface area contributed by atoms with Gasteiger partial charge in [-0.05, 0) is 31.9 Å². The number of para-hydroxylation sites is 2. The summed E-state index contributed by atoms with van der Waals surface area (Å²) in [6.45, 7) is 7.38. The number of aromatic hydroxyl groups is 1. The van der Waals surface area contributed by atoms with E-state index in [2.05, 4.69) is 5.32 Å². The van der Waals surface area contributed by atoms with E-state index in [1.165, 1.54) is 12.1 Å². The Balaban J connectivity index is 1.49. The molecule has 1 aromatic heterocycles. The molecule has 1 amide bonds. The fourth-order valence-corrected chi connectivity index (χ4v) is 4.16. The van der Waals surface area contributed by atoms with Crippen molar-refractivity contribution in [2.45, 2.75) is 45.8 Å². The van der Waals surface area contributed by atoms with Crippen LogP contribution in [0.25, 0.3) is 11.0 Å². The number of hydrogen-bond acceptors (Lipinski definition) is 6. The summed E-state index contributed by atoms with van der Waals surface area (Å²) in [4.78, 5) is 29.8. The Morgan fingerprint density at radius 2 is 2.03 bits per heavy atom.